The van der Waals surface area contributed by atoms with E-state index < -0.39 is 10.0 Å². The summed E-state index contributed by atoms with van der Waals surface area (Å²) in [4.78, 5) is 0.0651. The number of sulfonamides is 1. The van der Waals surface area contributed by atoms with Crippen LogP contribution in [0.5, 0.6) is 0 Å². The molecule has 2 fully saturated rings. The number of hydrogen-bond acceptors (Lipinski definition) is 4. The first-order chi connectivity index (χ1) is 9.91. The lowest BCUT2D eigenvalue weighted by atomic mass is 10.2. The molecule has 0 radical (unpaired) electrons. The molecule has 2 bridgehead atoms. The summed E-state index contributed by atoms with van der Waals surface area (Å²) in [6.45, 7) is 0.901. The fraction of sp³-hybridized carbons (Fsp3) is 0.538. The summed E-state index contributed by atoms with van der Waals surface area (Å²) < 4.78 is 32.7. The van der Waals surface area contributed by atoms with Crippen molar-refractivity contribution in [2.24, 2.45) is 5.73 Å². The van der Waals surface area contributed by atoms with Crippen LogP contribution in [0.1, 0.15) is 18.4 Å². The summed E-state index contributed by atoms with van der Waals surface area (Å²) in [7, 11) is -3.66. The second-order valence-electron chi connectivity index (χ2n) is 5.36. The fourth-order valence-electron chi connectivity index (χ4n) is 2.84. The topological polar surface area (TPSA) is 72.6 Å². The van der Waals surface area contributed by atoms with E-state index in [0.717, 1.165) is 12.8 Å². The Balaban J connectivity index is 1.98. The van der Waals surface area contributed by atoms with Gasteiger partial charge in [-0.05, 0) is 30.5 Å². The van der Waals surface area contributed by atoms with E-state index in [0.29, 0.717) is 23.7 Å². The van der Waals surface area contributed by atoms with Crippen molar-refractivity contribution < 1.29 is 13.2 Å². The SMILES string of the molecule is NCc1cc(S(=O)(=O)N2CC3CCC(C2)O3)c(Cl)cc1Cl. The van der Waals surface area contributed by atoms with Crippen molar-refractivity contribution in [2.75, 3.05) is 13.1 Å². The standard InChI is InChI=1S/C13H16Cl2N2O3S/c14-11-4-12(15)13(3-8(11)5-16)21(18,19)17-6-9-1-2-10(7-17)20-9/h3-4,9-10H,1-2,5-7,16H2. The molecular weight excluding hydrogens is 335 g/mol. The third-order valence-corrected chi connectivity index (χ3v) is 6.60. The second-order valence-corrected chi connectivity index (χ2v) is 8.08. The number of ether oxygens (including phenoxy) is 1. The summed E-state index contributed by atoms with van der Waals surface area (Å²) in [5.74, 6) is 0. The Morgan fingerprint density at radius 2 is 1.81 bits per heavy atom. The summed E-state index contributed by atoms with van der Waals surface area (Å²) in [5.41, 5.74) is 6.16. The van der Waals surface area contributed by atoms with Gasteiger partial charge in [0.15, 0.2) is 0 Å². The van der Waals surface area contributed by atoms with Gasteiger partial charge in [-0.15, -0.1) is 0 Å². The maximum atomic E-state index is 12.8. The van der Waals surface area contributed by atoms with Gasteiger partial charge in [0.2, 0.25) is 10.0 Å². The number of morpholine rings is 1. The minimum absolute atomic E-state index is 0.0152. The minimum atomic E-state index is -3.66. The Bertz CT molecular complexity index is 654. The molecule has 0 amide bonds. The smallest absolute Gasteiger partial charge is 0.244 e. The van der Waals surface area contributed by atoms with Crippen LogP contribution < -0.4 is 5.73 Å². The van der Waals surface area contributed by atoms with Crippen LogP contribution in [0.4, 0.5) is 0 Å². The molecule has 8 heteroatoms. The molecule has 2 atom stereocenters. The van der Waals surface area contributed by atoms with E-state index in [1.54, 1.807) is 0 Å². The van der Waals surface area contributed by atoms with Crippen molar-refractivity contribution in [3.63, 3.8) is 0 Å². The number of benzene rings is 1. The molecule has 1 aromatic carbocycles. The molecule has 2 aliphatic rings. The first-order valence-electron chi connectivity index (χ1n) is 6.75. The van der Waals surface area contributed by atoms with Gasteiger partial charge in [-0.3, -0.25) is 0 Å². The molecule has 2 saturated heterocycles. The van der Waals surface area contributed by atoms with E-state index >= 15 is 0 Å². The van der Waals surface area contributed by atoms with E-state index in [1.165, 1.54) is 16.4 Å². The van der Waals surface area contributed by atoms with Crippen LogP contribution in [0.2, 0.25) is 10.0 Å². The summed E-state index contributed by atoms with van der Waals surface area (Å²) in [6.07, 6.45) is 1.77. The van der Waals surface area contributed by atoms with Gasteiger partial charge in [0.25, 0.3) is 0 Å². The monoisotopic (exact) mass is 350 g/mol. The van der Waals surface area contributed by atoms with Gasteiger partial charge in [0, 0.05) is 24.7 Å². The van der Waals surface area contributed by atoms with Gasteiger partial charge < -0.3 is 10.5 Å². The van der Waals surface area contributed by atoms with Crippen molar-refractivity contribution in [3.8, 4) is 0 Å². The number of rotatable bonds is 3. The lowest BCUT2D eigenvalue weighted by molar-refractivity contribution is -0.0114. The van der Waals surface area contributed by atoms with Crippen LogP contribution in [0.3, 0.4) is 0 Å². The van der Waals surface area contributed by atoms with Gasteiger partial charge in [-0.2, -0.15) is 4.31 Å². The molecule has 2 heterocycles. The molecule has 2 unspecified atom stereocenters. The maximum Gasteiger partial charge on any atom is 0.244 e. The van der Waals surface area contributed by atoms with Gasteiger partial charge in [-0.25, -0.2) is 8.42 Å². The molecule has 116 valence electrons. The number of nitrogens with zero attached hydrogens (tertiary/aromatic N) is 1. The molecule has 1 aromatic rings. The molecule has 0 aromatic heterocycles. The van der Waals surface area contributed by atoms with Crippen LogP contribution >= 0.6 is 23.2 Å². The van der Waals surface area contributed by atoms with Crippen LogP contribution in [-0.4, -0.2) is 38.0 Å². The molecule has 0 saturated carbocycles. The normalized spacial score (nSPS) is 26.2. The zero-order chi connectivity index (χ0) is 15.2. The van der Waals surface area contributed by atoms with Gasteiger partial charge in [0.1, 0.15) is 4.90 Å². The van der Waals surface area contributed by atoms with E-state index in [1.807, 2.05) is 0 Å². The highest BCUT2D eigenvalue weighted by Crippen LogP contribution is 2.34. The number of hydrogen-bond donors (Lipinski definition) is 1. The third kappa shape index (κ3) is 2.81. The highest BCUT2D eigenvalue weighted by molar-refractivity contribution is 7.89. The third-order valence-electron chi connectivity index (χ3n) is 3.95. The lowest BCUT2D eigenvalue weighted by Crippen LogP contribution is -2.45. The Labute approximate surface area is 134 Å². The van der Waals surface area contributed by atoms with Crippen LogP contribution in [0.15, 0.2) is 17.0 Å². The predicted molar refractivity (Wildman–Crippen MR) is 81.0 cm³/mol. The average molecular weight is 351 g/mol. The maximum absolute atomic E-state index is 12.8. The van der Waals surface area contributed by atoms with Crippen molar-refractivity contribution in [2.45, 2.75) is 36.5 Å². The number of nitrogens with two attached hydrogens (primary N) is 1. The number of fused-ring (bicyclic) bond motifs is 2. The Morgan fingerprint density at radius 3 is 2.38 bits per heavy atom. The van der Waals surface area contributed by atoms with Crippen molar-refractivity contribution in [1.29, 1.82) is 0 Å². The molecular formula is C13H16Cl2N2O3S. The van der Waals surface area contributed by atoms with Crippen LogP contribution in [0, 0.1) is 0 Å². The quantitative estimate of drug-likeness (QED) is 0.904. The fourth-order valence-corrected chi connectivity index (χ4v) is 5.19. The van der Waals surface area contributed by atoms with E-state index in [4.69, 9.17) is 33.7 Å². The zero-order valence-electron chi connectivity index (χ0n) is 11.3. The number of halogens is 2. The second kappa shape index (κ2) is 5.68. The first-order valence-corrected chi connectivity index (χ1v) is 8.95. The molecule has 2 N–H and O–H groups in total. The van der Waals surface area contributed by atoms with Crippen molar-refractivity contribution >= 4 is 33.2 Å². The Hall–Kier alpha value is -0.370. The molecule has 5 nitrogen and oxygen atoms in total. The largest absolute Gasteiger partial charge is 0.372 e. The molecule has 3 rings (SSSR count). The van der Waals surface area contributed by atoms with Crippen LogP contribution in [0.25, 0.3) is 0 Å². The zero-order valence-corrected chi connectivity index (χ0v) is 13.6. The lowest BCUT2D eigenvalue weighted by Gasteiger charge is -2.31. The Kier molecular flexibility index (Phi) is 4.20. The summed E-state index contributed by atoms with van der Waals surface area (Å²) in [5, 5.41) is 0.500. The average Bonchev–Trinajstić information content (AvgIpc) is 2.77. The van der Waals surface area contributed by atoms with E-state index in [9.17, 15) is 8.42 Å². The summed E-state index contributed by atoms with van der Waals surface area (Å²) >= 11 is 12.1. The van der Waals surface area contributed by atoms with Crippen molar-refractivity contribution in [3.05, 3.63) is 27.7 Å². The predicted octanol–water partition coefficient (Wildman–Crippen LogP) is 2.00. The highest BCUT2D eigenvalue weighted by atomic mass is 35.5. The summed E-state index contributed by atoms with van der Waals surface area (Å²) in [6, 6.07) is 2.91. The minimum Gasteiger partial charge on any atom is -0.372 e. The van der Waals surface area contributed by atoms with Gasteiger partial charge in [0.05, 0.1) is 17.2 Å². The Morgan fingerprint density at radius 1 is 1.19 bits per heavy atom. The first kappa shape index (κ1) is 15.5. The molecule has 0 spiro atoms. The van der Waals surface area contributed by atoms with Crippen LogP contribution in [-0.2, 0) is 21.3 Å². The highest BCUT2D eigenvalue weighted by Gasteiger charge is 2.40. The van der Waals surface area contributed by atoms with E-state index in [2.05, 4.69) is 0 Å². The van der Waals surface area contributed by atoms with Crippen molar-refractivity contribution in [1.82, 2.24) is 4.31 Å². The molecule has 0 aliphatic carbocycles. The molecule has 2 aliphatic heterocycles. The van der Waals surface area contributed by atoms with E-state index in [-0.39, 0.29) is 28.7 Å². The van der Waals surface area contributed by atoms with Gasteiger partial charge in [-0.1, -0.05) is 23.2 Å². The molecule has 21 heavy (non-hydrogen) atoms. The van der Waals surface area contributed by atoms with Gasteiger partial charge >= 0.3 is 0 Å².